The minimum absolute atomic E-state index is 0.175. The van der Waals surface area contributed by atoms with Gasteiger partial charge in [0.05, 0.1) is 18.0 Å². The smallest absolute Gasteiger partial charge is 0.423 e. The third-order valence-electron chi connectivity index (χ3n) is 5.03. The van der Waals surface area contributed by atoms with E-state index in [9.17, 15) is 31.9 Å². The Morgan fingerprint density at radius 2 is 1.70 bits per heavy atom. The van der Waals surface area contributed by atoms with Gasteiger partial charge in [-0.3, -0.25) is 9.59 Å². The largest absolute Gasteiger partial charge is 0.464 e. The van der Waals surface area contributed by atoms with E-state index in [0.29, 0.717) is 0 Å². The molecular formula is C22H19F4N3O4. The zero-order chi connectivity index (χ0) is 24.4. The molecule has 2 atom stereocenters. The molecule has 0 saturated heterocycles. The van der Waals surface area contributed by atoms with E-state index in [4.69, 9.17) is 0 Å². The Morgan fingerprint density at radius 1 is 1.09 bits per heavy atom. The molecule has 0 aliphatic carbocycles. The number of nitrogens with zero attached hydrogens (tertiary/aromatic N) is 2. The number of benzene rings is 2. The second-order valence-corrected chi connectivity index (χ2v) is 7.15. The number of carbonyl (C=O) groups is 3. The van der Waals surface area contributed by atoms with Crippen molar-refractivity contribution in [1.29, 1.82) is 0 Å². The highest BCUT2D eigenvalue weighted by Crippen LogP contribution is 2.42. The van der Waals surface area contributed by atoms with Gasteiger partial charge in [-0.25, -0.2) is 14.2 Å². The Balaban J connectivity index is 2.13. The number of hydrogen-bond acceptors (Lipinski definition) is 5. The molecule has 0 bridgehead atoms. The lowest BCUT2D eigenvalue weighted by molar-refractivity contribution is -0.217. The van der Waals surface area contributed by atoms with Crippen LogP contribution >= 0.6 is 0 Å². The number of halogens is 4. The molecule has 2 aromatic rings. The minimum atomic E-state index is -5.46. The summed E-state index contributed by atoms with van der Waals surface area (Å²) < 4.78 is 61.7. The molecule has 0 unspecified atom stereocenters. The van der Waals surface area contributed by atoms with Crippen molar-refractivity contribution in [2.24, 2.45) is 11.0 Å². The van der Waals surface area contributed by atoms with Gasteiger partial charge in [0.15, 0.2) is 0 Å². The fourth-order valence-corrected chi connectivity index (χ4v) is 3.51. The summed E-state index contributed by atoms with van der Waals surface area (Å²) in [5, 5.41) is 6.34. The van der Waals surface area contributed by atoms with Crippen LogP contribution in [0.5, 0.6) is 0 Å². The molecule has 1 heterocycles. The van der Waals surface area contributed by atoms with Gasteiger partial charge in [0.1, 0.15) is 11.7 Å². The Bertz CT molecular complexity index is 1090. The maximum Gasteiger partial charge on any atom is 0.423 e. The lowest BCUT2D eigenvalue weighted by Gasteiger charge is -2.37. The van der Waals surface area contributed by atoms with E-state index in [0.717, 1.165) is 36.2 Å². The molecule has 33 heavy (non-hydrogen) atoms. The molecule has 2 amide bonds. The molecule has 3 rings (SSSR count). The second-order valence-electron chi connectivity index (χ2n) is 7.15. The topological polar surface area (TPSA) is 88.1 Å². The Morgan fingerprint density at radius 3 is 2.24 bits per heavy atom. The van der Waals surface area contributed by atoms with Crippen molar-refractivity contribution in [3.8, 4) is 0 Å². The van der Waals surface area contributed by atoms with Gasteiger partial charge in [-0.15, -0.1) is 0 Å². The number of alkyl halides is 3. The molecule has 0 spiro atoms. The van der Waals surface area contributed by atoms with Crippen molar-refractivity contribution >= 4 is 29.2 Å². The van der Waals surface area contributed by atoms with Gasteiger partial charge < -0.3 is 10.1 Å². The summed E-state index contributed by atoms with van der Waals surface area (Å²) in [7, 11) is 0. The molecule has 0 fully saturated rings. The average Bonchev–Trinajstić information content (AvgIpc) is 3.06. The van der Waals surface area contributed by atoms with Crippen LogP contribution in [0, 0.1) is 11.7 Å². The summed E-state index contributed by atoms with van der Waals surface area (Å²) in [6.45, 7) is 1.99. The summed E-state index contributed by atoms with van der Waals surface area (Å²) in [5.74, 6) is -7.34. The molecule has 11 heteroatoms. The van der Waals surface area contributed by atoms with Gasteiger partial charge in [-0.2, -0.15) is 18.3 Å². The molecule has 2 aromatic carbocycles. The first-order valence-electron chi connectivity index (χ1n) is 9.79. The van der Waals surface area contributed by atoms with Crippen LogP contribution in [0.25, 0.3) is 0 Å². The monoisotopic (exact) mass is 465 g/mol. The van der Waals surface area contributed by atoms with Crippen molar-refractivity contribution in [2.75, 3.05) is 11.6 Å². The molecule has 174 valence electrons. The number of carbonyl (C=O) groups excluding carboxylic acids is 3. The molecule has 1 aliphatic heterocycles. The van der Waals surface area contributed by atoms with E-state index < -0.39 is 47.8 Å². The van der Waals surface area contributed by atoms with Crippen LogP contribution in [-0.4, -0.2) is 41.8 Å². The fourth-order valence-electron chi connectivity index (χ4n) is 3.51. The Hall–Kier alpha value is -3.76. The van der Waals surface area contributed by atoms with E-state index in [2.05, 4.69) is 9.84 Å². The first kappa shape index (κ1) is 23.9. The second kappa shape index (κ2) is 9.00. The first-order chi connectivity index (χ1) is 15.5. The molecule has 0 aromatic heterocycles. The number of rotatable bonds is 6. The molecule has 1 N–H and O–H groups in total. The minimum Gasteiger partial charge on any atom is -0.464 e. The SMILES string of the molecule is CCOC(=O)[C@](NC(=O)c1ccc(F)cc1)([C@@H]1C(=O)N(c2ccccc2)N=C1C)C(F)(F)F. The summed E-state index contributed by atoms with van der Waals surface area (Å²) in [6, 6.07) is 11.3. The molecule has 7 nitrogen and oxygen atoms in total. The molecule has 0 radical (unpaired) electrons. The third kappa shape index (κ3) is 4.30. The van der Waals surface area contributed by atoms with E-state index in [1.807, 2.05) is 0 Å². The summed E-state index contributed by atoms with van der Waals surface area (Å²) >= 11 is 0. The van der Waals surface area contributed by atoms with Crippen LogP contribution in [0.2, 0.25) is 0 Å². The lowest BCUT2D eigenvalue weighted by Crippen LogP contribution is -2.71. The number of nitrogens with one attached hydrogen (secondary N) is 1. The number of hydrazone groups is 1. The van der Waals surface area contributed by atoms with Crippen LogP contribution in [0.3, 0.4) is 0 Å². The average molecular weight is 465 g/mol. The van der Waals surface area contributed by atoms with E-state index >= 15 is 0 Å². The summed E-state index contributed by atoms with van der Waals surface area (Å²) in [6.07, 6.45) is -5.46. The highest BCUT2D eigenvalue weighted by Gasteiger charge is 2.71. The van der Waals surface area contributed by atoms with Gasteiger partial charge in [-0.05, 0) is 50.2 Å². The molecule has 0 saturated carbocycles. The zero-order valence-electron chi connectivity index (χ0n) is 17.5. The highest BCUT2D eigenvalue weighted by atomic mass is 19.4. The van der Waals surface area contributed by atoms with Gasteiger partial charge in [0.2, 0.25) is 0 Å². The van der Waals surface area contributed by atoms with Gasteiger partial charge in [0, 0.05) is 5.56 Å². The Kier molecular flexibility index (Phi) is 6.52. The van der Waals surface area contributed by atoms with Crippen LogP contribution in [0.1, 0.15) is 24.2 Å². The molecule has 1 aliphatic rings. The maximum atomic E-state index is 14.6. The normalized spacial score (nSPS) is 17.9. The molecular weight excluding hydrogens is 446 g/mol. The number of amides is 2. The predicted molar refractivity (Wildman–Crippen MR) is 110 cm³/mol. The van der Waals surface area contributed by atoms with Crippen molar-refractivity contribution < 1.29 is 36.7 Å². The van der Waals surface area contributed by atoms with Crippen LogP contribution in [-0.2, 0) is 14.3 Å². The van der Waals surface area contributed by atoms with Gasteiger partial charge >= 0.3 is 12.1 Å². The lowest BCUT2D eigenvalue weighted by atomic mass is 9.79. The van der Waals surface area contributed by atoms with Crippen molar-refractivity contribution in [2.45, 2.75) is 25.6 Å². The van der Waals surface area contributed by atoms with Gasteiger partial charge in [0.25, 0.3) is 17.4 Å². The maximum absolute atomic E-state index is 14.6. The zero-order valence-corrected chi connectivity index (χ0v) is 17.5. The van der Waals surface area contributed by atoms with Crippen LogP contribution in [0.15, 0.2) is 59.7 Å². The van der Waals surface area contributed by atoms with Gasteiger partial charge in [-0.1, -0.05) is 18.2 Å². The predicted octanol–water partition coefficient (Wildman–Crippen LogP) is 3.46. The first-order valence-corrected chi connectivity index (χ1v) is 9.79. The van der Waals surface area contributed by atoms with Crippen LogP contribution in [0.4, 0.5) is 23.2 Å². The number of esters is 1. The summed E-state index contributed by atoms with van der Waals surface area (Å²) in [5.41, 5.74) is -4.31. The number of para-hydroxylation sites is 1. The number of hydrogen-bond donors (Lipinski definition) is 1. The summed E-state index contributed by atoms with van der Waals surface area (Å²) in [4.78, 5) is 38.7. The van der Waals surface area contributed by atoms with E-state index in [-0.39, 0.29) is 17.0 Å². The van der Waals surface area contributed by atoms with Crippen molar-refractivity contribution in [3.63, 3.8) is 0 Å². The third-order valence-corrected chi connectivity index (χ3v) is 5.03. The quantitative estimate of drug-likeness (QED) is 0.523. The Labute approximate surface area is 186 Å². The number of ether oxygens (including phenoxy) is 1. The standard InChI is InChI=1S/C22H19F4N3O4/c1-3-33-20(32)21(22(24,25)26,27-18(30)14-9-11-15(23)12-10-14)17-13(2)28-29(19(17)31)16-7-5-4-6-8-16/h4-12,17H,3H2,1-2H3,(H,27,30)/t17-,21+/m0/s1. The van der Waals surface area contributed by atoms with Crippen LogP contribution < -0.4 is 10.3 Å². The van der Waals surface area contributed by atoms with Crippen molar-refractivity contribution in [3.05, 3.63) is 66.0 Å². The fraction of sp³-hybridized carbons (Fsp3) is 0.273. The number of anilines is 1. The highest BCUT2D eigenvalue weighted by molar-refractivity contribution is 6.19. The van der Waals surface area contributed by atoms with Crippen molar-refractivity contribution in [1.82, 2.24) is 5.32 Å². The van der Waals surface area contributed by atoms with E-state index in [1.165, 1.54) is 19.1 Å². The van der Waals surface area contributed by atoms with E-state index in [1.54, 1.807) is 23.5 Å².